The van der Waals surface area contributed by atoms with Crippen molar-refractivity contribution < 1.29 is 33.6 Å². The van der Waals surface area contributed by atoms with Crippen LogP contribution in [0.25, 0.3) is 0 Å². The average Bonchev–Trinajstić information content (AvgIpc) is 3.36. The molecule has 0 aromatic carbocycles. The molecule has 7 N–H and O–H groups in total. The molecular formula is C22H37N7O7. The molecule has 0 bridgehead atoms. The van der Waals surface area contributed by atoms with Crippen molar-refractivity contribution in [2.24, 2.45) is 0 Å². The van der Waals surface area contributed by atoms with Crippen molar-refractivity contribution in [2.75, 3.05) is 26.2 Å². The van der Waals surface area contributed by atoms with E-state index in [4.69, 9.17) is 0 Å². The van der Waals surface area contributed by atoms with Gasteiger partial charge in [-0.25, -0.2) is 0 Å². The van der Waals surface area contributed by atoms with Gasteiger partial charge in [0.2, 0.25) is 35.4 Å². The van der Waals surface area contributed by atoms with Gasteiger partial charge >= 0.3 is 0 Å². The lowest BCUT2D eigenvalue weighted by Crippen LogP contribution is -2.55. The predicted octanol–water partition coefficient (Wildman–Crippen LogP) is -3.42. The summed E-state index contributed by atoms with van der Waals surface area (Å²) in [7, 11) is 0. The van der Waals surface area contributed by atoms with E-state index in [2.05, 4.69) is 37.2 Å². The van der Waals surface area contributed by atoms with Gasteiger partial charge in [0.05, 0.1) is 25.7 Å². The average molecular weight is 512 g/mol. The Balaban J connectivity index is 2.47. The largest absolute Gasteiger partial charge is 0.352 e. The molecule has 0 aliphatic carbocycles. The summed E-state index contributed by atoms with van der Waals surface area (Å²) >= 11 is 0. The van der Waals surface area contributed by atoms with E-state index in [0.29, 0.717) is 12.7 Å². The maximum Gasteiger partial charge on any atom is 0.243 e. The van der Waals surface area contributed by atoms with E-state index in [0.717, 1.165) is 13.0 Å². The molecule has 0 aromatic heterocycles. The molecule has 14 heteroatoms. The number of amides is 6. The molecule has 0 aromatic rings. The number of carbonyl (C=O) groups excluding carboxylic acids is 7. The summed E-state index contributed by atoms with van der Waals surface area (Å²) in [5.41, 5.74) is 0. The maximum atomic E-state index is 12.6. The first kappa shape index (κ1) is 30.5. The summed E-state index contributed by atoms with van der Waals surface area (Å²) in [6, 6.07) is -2.60. The Morgan fingerprint density at radius 3 is 2.08 bits per heavy atom. The Morgan fingerprint density at radius 2 is 1.47 bits per heavy atom. The Kier molecular flexibility index (Phi) is 13.7. The fraction of sp³-hybridized carbons (Fsp3) is 0.682. The van der Waals surface area contributed by atoms with Gasteiger partial charge in [-0.2, -0.15) is 0 Å². The molecule has 0 spiro atoms. The van der Waals surface area contributed by atoms with Crippen molar-refractivity contribution >= 4 is 41.7 Å². The SMILES string of the molecule is CC(C)NC(=O)CNC(=O)CNC(=O)[C@H](C)NC(=O)[C@H](CCC=O)NC(=O)CNC(=O)[C@@H]1CCCN1. The zero-order valence-corrected chi connectivity index (χ0v) is 20.9. The lowest BCUT2D eigenvalue weighted by Gasteiger charge is -2.21. The predicted molar refractivity (Wildman–Crippen MR) is 128 cm³/mol. The van der Waals surface area contributed by atoms with Crippen molar-refractivity contribution in [2.45, 2.75) is 70.6 Å². The first-order valence-corrected chi connectivity index (χ1v) is 11.9. The van der Waals surface area contributed by atoms with Gasteiger partial charge in [-0.15, -0.1) is 0 Å². The minimum atomic E-state index is -1.11. The normalized spacial score (nSPS) is 16.3. The molecule has 14 nitrogen and oxygen atoms in total. The summed E-state index contributed by atoms with van der Waals surface area (Å²) in [6.07, 6.45) is 2.11. The third-order valence-corrected chi connectivity index (χ3v) is 5.10. The molecule has 3 atom stereocenters. The van der Waals surface area contributed by atoms with E-state index in [1.165, 1.54) is 6.92 Å². The molecule has 36 heavy (non-hydrogen) atoms. The molecule has 1 aliphatic rings. The number of hydrogen-bond acceptors (Lipinski definition) is 8. The molecular weight excluding hydrogens is 474 g/mol. The fourth-order valence-electron chi connectivity index (χ4n) is 3.26. The molecule has 1 aliphatic heterocycles. The Hall–Kier alpha value is -3.55. The minimum absolute atomic E-state index is 0.00557. The maximum absolute atomic E-state index is 12.6. The lowest BCUT2D eigenvalue weighted by atomic mass is 10.1. The van der Waals surface area contributed by atoms with Gasteiger partial charge in [-0.3, -0.25) is 28.8 Å². The standard InChI is InChI=1S/C22H37N7O7/c1-13(2)27-18(32)11-24-17(31)10-25-20(34)14(3)28-22(36)16(7-5-9-30)29-19(33)12-26-21(35)15-6-4-8-23-15/h9,13-16,23H,4-8,10-12H2,1-3H3,(H,24,31)(H,25,34)(H,26,35)(H,27,32)(H,28,36)(H,29,33)/t14-,15-,16-/m0/s1. The second kappa shape index (κ2) is 16.2. The van der Waals surface area contributed by atoms with Crippen LogP contribution in [0.15, 0.2) is 0 Å². The Morgan fingerprint density at radius 1 is 0.833 bits per heavy atom. The number of hydrogen-bond donors (Lipinski definition) is 7. The number of rotatable bonds is 15. The van der Waals surface area contributed by atoms with Crippen molar-refractivity contribution in [1.29, 1.82) is 0 Å². The van der Waals surface area contributed by atoms with Crippen molar-refractivity contribution in [3.8, 4) is 0 Å². The van der Waals surface area contributed by atoms with E-state index in [-0.39, 0.29) is 49.8 Å². The first-order valence-electron chi connectivity index (χ1n) is 11.9. The molecule has 202 valence electrons. The van der Waals surface area contributed by atoms with Crippen LogP contribution in [0.1, 0.15) is 46.5 Å². The van der Waals surface area contributed by atoms with Crippen LogP contribution < -0.4 is 37.2 Å². The molecule has 0 saturated carbocycles. The lowest BCUT2D eigenvalue weighted by molar-refractivity contribution is -0.133. The van der Waals surface area contributed by atoms with Crippen LogP contribution in [0.2, 0.25) is 0 Å². The summed E-state index contributed by atoms with van der Waals surface area (Å²) in [6.45, 7) is 4.67. The zero-order valence-electron chi connectivity index (χ0n) is 20.9. The quantitative estimate of drug-likeness (QED) is 0.110. The summed E-state index contributed by atoms with van der Waals surface area (Å²) in [4.78, 5) is 83.2. The van der Waals surface area contributed by atoms with Crippen LogP contribution >= 0.6 is 0 Å². The molecule has 1 heterocycles. The third kappa shape index (κ3) is 12.2. The van der Waals surface area contributed by atoms with Crippen LogP contribution in [-0.2, 0) is 33.6 Å². The molecule has 6 amide bonds. The molecule has 1 rings (SSSR count). The van der Waals surface area contributed by atoms with Crippen LogP contribution in [0.3, 0.4) is 0 Å². The van der Waals surface area contributed by atoms with E-state index < -0.39 is 42.3 Å². The summed E-state index contributed by atoms with van der Waals surface area (Å²) in [5, 5.41) is 17.7. The van der Waals surface area contributed by atoms with Crippen molar-refractivity contribution in [3.63, 3.8) is 0 Å². The highest BCUT2D eigenvalue weighted by molar-refractivity contribution is 5.94. The van der Waals surface area contributed by atoms with E-state index in [9.17, 15) is 33.6 Å². The fourth-order valence-corrected chi connectivity index (χ4v) is 3.26. The number of nitrogens with one attached hydrogen (secondary N) is 7. The van der Waals surface area contributed by atoms with Gasteiger partial charge < -0.3 is 42.0 Å². The molecule has 1 saturated heterocycles. The summed E-state index contributed by atoms with van der Waals surface area (Å²) < 4.78 is 0. The van der Waals surface area contributed by atoms with Crippen LogP contribution in [0.5, 0.6) is 0 Å². The van der Waals surface area contributed by atoms with Crippen molar-refractivity contribution in [1.82, 2.24) is 37.2 Å². The second-order valence-corrected chi connectivity index (χ2v) is 8.68. The Bertz CT molecular complexity index is 813. The topological polar surface area (TPSA) is 204 Å². The van der Waals surface area contributed by atoms with Crippen LogP contribution in [0.4, 0.5) is 0 Å². The van der Waals surface area contributed by atoms with Gasteiger partial charge in [0.15, 0.2) is 0 Å². The summed E-state index contributed by atoms with van der Waals surface area (Å²) in [5.74, 6) is -3.27. The van der Waals surface area contributed by atoms with Gasteiger partial charge in [-0.1, -0.05) is 0 Å². The van der Waals surface area contributed by atoms with Crippen molar-refractivity contribution in [3.05, 3.63) is 0 Å². The van der Waals surface area contributed by atoms with Crippen LogP contribution in [0, 0.1) is 0 Å². The molecule has 0 unspecified atom stereocenters. The van der Waals surface area contributed by atoms with Crippen LogP contribution in [-0.4, -0.2) is 92.1 Å². The van der Waals surface area contributed by atoms with Gasteiger partial charge in [0.1, 0.15) is 18.4 Å². The first-order chi connectivity index (χ1) is 17.0. The monoisotopic (exact) mass is 511 g/mol. The number of carbonyl (C=O) groups is 7. The third-order valence-electron chi connectivity index (χ3n) is 5.10. The Labute approximate surface area is 209 Å². The second-order valence-electron chi connectivity index (χ2n) is 8.68. The highest BCUT2D eigenvalue weighted by Crippen LogP contribution is 2.04. The van der Waals surface area contributed by atoms with E-state index in [1.54, 1.807) is 13.8 Å². The number of aldehydes is 1. The van der Waals surface area contributed by atoms with Gasteiger partial charge in [0.25, 0.3) is 0 Å². The van der Waals surface area contributed by atoms with Gasteiger partial charge in [-0.05, 0) is 46.6 Å². The van der Waals surface area contributed by atoms with Gasteiger partial charge in [0, 0.05) is 12.5 Å². The van der Waals surface area contributed by atoms with E-state index >= 15 is 0 Å². The molecule has 1 fully saturated rings. The molecule has 0 radical (unpaired) electrons. The smallest absolute Gasteiger partial charge is 0.243 e. The zero-order chi connectivity index (χ0) is 27.1. The highest BCUT2D eigenvalue weighted by atomic mass is 16.2. The minimum Gasteiger partial charge on any atom is -0.352 e. The van der Waals surface area contributed by atoms with E-state index in [1.807, 2.05) is 0 Å². The highest BCUT2D eigenvalue weighted by Gasteiger charge is 2.26.